The summed E-state index contributed by atoms with van der Waals surface area (Å²) >= 11 is 0. The van der Waals surface area contributed by atoms with Crippen molar-refractivity contribution in [3.63, 3.8) is 0 Å². The van der Waals surface area contributed by atoms with Crippen LogP contribution in [0.2, 0.25) is 0 Å². The fourth-order valence-electron chi connectivity index (χ4n) is 1.23. The first kappa shape index (κ1) is 10.6. The molecule has 0 fully saturated rings. The van der Waals surface area contributed by atoms with Gasteiger partial charge in [0.2, 0.25) is 0 Å². The molecule has 1 aromatic rings. The van der Waals surface area contributed by atoms with E-state index in [0.717, 1.165) is 17.1 Å². The molecule has 0 atom stereocenters. The molecule has 0 unspecified atom stereocenters. The third kappa shape index (κ3) is 2.52. The number of benzene rings is 1. The maximum absolute atomic E-state index is 5.43. The molecule has 0 amide bonds. The van der Waals surface area contributed by atoms with Crippen LogP contribution in [0.3, 0.4) is 0 Å². The molecule has 0 aromatic heterocycles. The summed E-state index contributed by atoms with van der Waals surface area (Å²) in [7, 11) is 0. The minimum Gasteiger partial charge on any atom is -0.494 e. The zero-order chi connectivity index (χ0) is 10.4. The Bertz CT molecular complexity index is 305. The summed E-state index contributed by atoms with van der Waals surface area (Å²) in [5.41, 5.74) is 0.970. The van der Waals surface area contributed by atoms with Crippen molar-refractivity contribution >= 4 is 6.08 Å². The predicted molar refractivity (Wildman–Crippen MR) is 58.9 cm³/mol. The van der Waals surface area contributed by atoms with Gasteiger partial charge in [-0.2, -0.15) is 0 Å². The average Bonchev–Trinajstić information content (AvgIpc) is 2.21. The number of hydrogen-bond acceptors (Lipinski definition) is 2. The number of ether oxygens (including phenoxy) is 2. The van der Waals surface area contributed by atoms with Crippen molar-refractivity contribution < 1.29 is 9.47 Å². The molecule has 0 aliphatic rings. The van der Waals surface area contributed by atoms with E-state index in [4.69, 9.17) is 9.47 Å². The highest BCUT2D eigenvalue weighted by molar-refractivity contribution is 5.58. The molecule has 0 bridgehead atoms. The molecular weight excluding hydrogens is 176 g/mol. The van der Waals surface area contributed by atoms with E-state index in [1.165, 1.54) is 0 Å². The zero-order valence-electron chi connectivity index (χ0n) is 8.75. The van der Waals surface area contributed by atoms with E-state index < -0.39 is 0 Å². The monoisotopic (exact) mass is 192 g/mol. The Morgan fingerprint density at radius 1 is 1.21 bits per heavy atom. The van der Waals surface area contributed by atoms with Crippen LogP contribution in [-0.4, -0.2) is 13.2 Å². The SMILES string of the molecule is C=Cc1cc(OCC)ccc1OCC. The smallest absolute Gasteiger partial charge is 0.126 e. The highest BCUT2D eigenvalue weighted by Gasteiger charge is 2.01. The van der Waals surface area contributed by atoms with Gasteiger partial charge in [-0.1, -0.05) is 12.7 Å². The first-order chi connectivity index (χ1) is 6.81. The molecular formula is C12H16O2. The first-order valence-electron chi connectivity index (χ1n) is 4.83. The molecule has 1 rings (SSSR count). The molecule has 0 radical (unpaired) electrons. The van der Waals surface area contributed by atoms with Gasteiger partial charge in [0.15, 0.2) is 0 Å². The molecule has 0 saturated heterocycles. The average molecular weight is 192 g/mol. The summed E-state index contributed by atoms with van der Waals surface area (Å²) in [6.07, 6.45) is 1.77. The lowest BCUT2D eigenvalue weighted by Crippen LogP contribution is -1.96. The summed E-state index contributed by atoms with van der Waals surface area (Å²) in [4.78, 5) is 0. The molecule has 2 heteroatoms. The van der Waals surface area contributed by atoms with Gasteiger partial charge in [0, 0.05) is 5.56 Å². The summed E-state index contributed by atoms with van der Waals surface area (Å²) < 4.78 is 10.8. The molecule has 0 aliphatic heterocycles. The lowest BCUT2D eigenvalue weighted by atomic mass is 10.2. The molecule has 0 spiro atoms. The fourth-order valence-corrected chi connectivity index (χ4v) is 1.23. The van der Waals surface area contributed by atoms with E-state index in [2.05, 4.69) is 6.58 Å². The van der Waals surface area contributed by atoms with Crippen LogP contribution in [0, 0.1) is 0 Å². The number of rotatable bonds is 5. The van der Waals surface area contributed by atoms with Crippen molar-refractivity contribution in [1.82, 2.24) is 0 Å². The Morgan fingerprint density at radius 3 is 2.50 bits per heavy atom. The fraction of sp³-hybridized carbons (Fsp3) is 0.333. The number of hydrogen-bond donors (Lipinski definition) is 0. The normalized spacial score (nSPS) is 9.57. The van der Waals surface area contributed by atoms with E-state index in [0.29, 0.717) is 13.2 Å². The van der Waals surface area contributed by atoms with Gasteiger partial charge in [-0.05, 0) is 32.0 Å². The Kier molecular flexibility index (Phi) is 4.05. The van der Waals surface area contributed by atoms with Gasteiger partial charge in [-0.15, -0.1) is 0 Å². The van der Waals surface area contributed by atoms with Gasteiger partial charge in [-0.3, -0.25) is 0 Å². The van der Waals surface area contributed by atoms with Gasteiger partial charge >= 0.3 is 0 Å². The van der Waals surface area contributed by atoms with Gasteiger partial charge < -0.3 is 9.47 Å². The van der Waals surface area contributed by atoms with E-state index >= 15 is 0 Å². The summed E-state index contributed by atoms with van der Waals surface area (Å²) in [6, 6.07) is 5.74. The maximum Gasteiger partial charge on any atom is 0.126 e. The van der Waals surface area contributed by atoms with Crippen molar-refractivity contribution in [3.05, 3.63) is 30.3 Å². The summed E-state index contributed by atoms with van der Waals surface area (Å²) in [5, 5.41) is 0. The lowest BCUT2D eigenvalue weighted by Gasteiger charge is -2.09. The topological polar surface area (TPSA) is 18.5 Å². The molecule has 14 heavy (non-hydrogen) atoms. The second-order valence-electron chi connectivity index (χ2n) is 2.77. The second kappa shape index (κ2) is 5.32. The van der Waals surface area contributed by atoms with E-state index in [9.17, 15) is 0 Å². The molecule has 2 nitrogen and oxygen atoms in total. The first-order valence-corrected chi connectivity index (χ1v) is 4.83. The molecule has 0 aliphatic carbocycles. The maximum atomic E-state index is 5.43. The van der Waals surface area contributed by atoms with Gasteiger partial charge in [-0.25, -0.2) is 0 Å². The van der Waals surface area contributed by atoms with Crippen LogP contribution < -0.4 is 9.47 Å². The molecule has 0 saturated carbocycles. The van der Waals surface area contributed by atoms with Crippen molar-refractivity contribution in [1.29, 1.82) is 0 Å². The highest BCUT2D eigenvalue weighted by Crippen LogP contribution is 2.25. The van der Waals surface area contributed by atoms with E-state index in [-0.39, 0.29) is 0 Å². The largest absolute Gasteiger partial charge is 0.494 e. The van der Waals surface area contributed by atoms with Crippen LogP contribution in [0.25, 0.3) is 6.08 Å². The quantitative estimate of drug-likeness (QED) is 0.713. The minimum atomic E-state index is 0.662. The van der Waals surface area contributed by atoms with Gasteiger partial charge in [0.25, 0.3) is 0 Å². The van der Waals surface area contributed by atoms with Gasteiger partial charge in [0.1, 0.15) is 11.5 Å². The lowest BCUT2D eigenvalue weighted by molar-refractivity contribution is 0.330. The zero-order valence-corrected chi connectivity index (χ0v) is 8.75. The summed E-state index contributed by atoms with van der Waals surface area (Å²) in [6.45, 7) is 9.00. The molecule has 0 N–H and O–H groups in total. The Hall–Kier alpha value is -1.44. The van der Waals surface area contributed by atoms with Crippen LogP contribution in [0.5, 0.6) is 11.5 Å². The van der Waals surface area contributed by atoms with Crippen LogP contribution in [0.15, 0.2) is 24.8 Å². The predicted octanol–water partition coefficient (Wildman–Crippen LogP) is 3.13. The summed E-state index contributed by atoms with van der Waals surface area (Å²) in [5.74, 6) is 1.71. The van der Waals surface area contributed by atoms with Crippen molar-refractivity contribution in [3.8, 4) is 11.5 Å². The van der Waals surface area contributed by atoms with E-state index in [1.54, 1.807) is 6.08 Å². The standard InChI is InChI=1S/C12H16O2/c1-4-10-9-11(13-5-2)7-8-12(10)14-6-3/h4,7-9H,1,5-6H2,2-3H3. The second-order valence-corrected chi connectivity index (χ2v) is 2.77. The van der Waals surface area contributed by atoms with Crippen LogP contribution >= 0.6 is 0 Å². The molecule has 1 aromatic carbocycles. The minimum absolute atomic E-state index is 0.662. The van der Waals surface area contributed by atoms with E-state index in [1.807, 2.05) is 32.0 Å². The Morgan fingerprint density at radius 2 is 1.93 bits per heavy atom. The van der Waals surface area contributed by atoms with Crippen molar-refractivity contribution in [2.24, 2.45) is 0 Å². The van der Waals surface area contributed by atoms with Gasteiger partial charge in [0.05, 0.1) is 13.2 Å². The molecule has 0 heterocycles. The Labute approximate surface area is 85.2 Å². The molecule has 76 valence electrons. The Balaban J connectivity index is 2.92. The van der Waals surface area contributed by atoms with Crippen LogP contribution in [-0.2, 0) is 0 Å². The van der Waals surface area contributed by atoms with Crippen molar-refractivity contribution in [2.75, 3.05) is 13.2 Å². The highest BCUT2D eigenvalue weighted by atomic mass is 16.5. The van der Waals surface area contributed by atoms with Crippen LogP contribution in [0.1, 0.15) is 19.4 Å². The van der Waals surface area contributed by atoms with Crippen LogP contribution in [0.4, 0.5) is 0 Å². The van der Waals surface area contributed by atoms with Crippen molar-refractivity contribution in [2.45, 2.75) is 13.8 Å². The third-order valence-corrected chi connectivity index (χ3v) is 1.81. The third-order valence-electron chi connectivity index (χ3n) is 1.81.